The van der Waals surface area contributed by atoms with Crippen LogP contribution >= 0.6 is 0 Å². The number of aliphatic hydroxyl groups excluding tert-OH is 4. The van der Waals surface area contributed by atoms with Crippen molar-refractivity contribution >= 4 is 5.97 Å². The molecule has 0 aliphatic rings. The van der Waals surface area contributed by atoms with E-state index in [1.54, 1.807) is 0 Å². The van der Waals surface area contributed by atoms with Gasteiger partial charge in [0.2, 0.25) is 0 Å². The molecule has 1 aromatic rings. The first-order valence-corrected chi connectivity index (χ1v) is 6.68. The van der Waals surface area contributed by atoms with Crippen LogP contribution in [0.2, 0.25) is 0 Å². The van der Waals surface area contributed by atoms with Gasteiger partial charge in [-0.3, -0.25) is 0 Å². The average Bonchev–Trinajstić information content (AvgIpc) is 2.55. The van der Waals surface area contributed by atoms with Gasteiger partial charge in [-0.2, -0.15) is 0 Å². The van der Waals surface area contributed by atoms with Gasteiger partial charge in [0.05, 0.1) is 30.9 Å². The molecule has 0 aromatic heterocycles. The van der Waals surface area contributed by atoms with E-state index in [0.717, 1.165) is 0 Å². The van der Waals surface area contributed by atoms with Crippen LogP contribution in [-0.2, 0) is 0 Å². The number of hydrogen-bond acceptors (Lipinski definition) is 7. The quantitative estimate of drug-likeness (QED) is 0.304. The number of carboxylic acid groups (broad SMARTS) is 1. The minimum absolute atomic E-state index is 0.00507. The Kier molecular flexibility index (Phi) is 7.22. The maximum absolute atomic E-state index is 10.7. The summed E-state index contributed by atoms with van der Waals surface area (Å²) < 4.78 is 5.30. The zero-order chi connectivity index (χ0) is 16.6. The molecule has 0 saturated carbocycles. The number of β-amino-alcohol motifs (C(OH)–C–C–N with tert-alkyl or cyclic N) is 1. The molecule has 6 N–H and O–H groups in total. The van der Waals surface area contributed by atoms with E-state index >= 15 is 0 Å². The molecule has 0 saturated heterocycles. The van der Waals surface area contributed by atoms with E-state index < -0.39 is 37.4 Å². The predicted molar refractivity (Wildman–Crippen MR) is 76.9 cm³/mol. The van der Waals surface area contributed by atoms with E-state index in [9.17, 15) is 9.90 Å². The van der Waals surface area contributed by atoms with E-state index in [1.165, 1.54) is 24.3 Å². The summed E-state index contributed by atoms with van der Waals surface area (Å²) in [6.07, 6.45) is -0.942. The van der Waals surface area contributed by atoms with Gasteiger partial charge in [0.1, 0.15) is 18.5 Å². The van der Waals surface area contributed by atoms with Gasteiger partial charge in [0, 0.05) is 6.54 Å². The summed E-state index contributed by atoms with van der Waals surface area (Å²) in [4.78, 5) is 10.7. The molecular weight excluding hydrogens is 294 g/mol. The van der Waals surface area contributed by atoms with Crippen molar-refractivity contribution in [3.8, 4) is 5.75 Å². The van der Waals surface area contributed by atoms with Crippen LogP contribution in [-0.4, -0.2) is 76.1 Å². The molecule has 0 heterocycles. The highest BCUT2D eigenvalue weighted by Gasteiger charge is 2.28. The molecule has 8 heteroatoms. The second kappa shape index (κ2) is 8.66. The highest BCUT2D eigenvalue weighted by atomic mass is 16.5. The maximum atomic E-state index is 10.7. The Hall–Kier alpha value is -1.71. The Balaban J connectivity index is 2.42. The molecule has 0 spiro atoms. The van der Waals surface area contributed by atoms with E-state index in [1.807, 2.05) is 0 Å². The summed E-state index contributed by atoms with van der Waals surface area (Å²) >= 11 is 0. The Morgan fingerprint density at radius 3 is 2.14 bits per heavy atom. The first kappa shape index (κ1) is 18.3. The number of benzene rings is 1. The van der Waals surface area contributed by atoms with Crippen molar-refractivity contribution < 1.29 is 35.1 Å². The van der Waals surface area contributed by atoms with Crippen LogP contribution in [0.1, 0.15) is 10.4 Å². The number of carboxylic acids is 1. The zero-order valence-electron chi connectivity index (χ0n) is 12.0. The van der Waals surface area contributed by atoms with Gasteiger partial charge < -0.3 is 35.6 Å². The molecule has 0 radical (unpaired) electrons. The minimum atomic E-state index is -1.26. The monoisotopic (exact) mass is 315 g/mol. The Labute approximate surface area is 127 Å². The van der Waals surface area contributed by atoms with Crippen LogP contribution in [0.15, 0.2) is 24.3 Å². The molecule has 0 amide bonds. The van der Waals surface area contributed by atoms with Crippen LogP contribution in [0.4, 0.5) is 0 Å². The maximum Gasteiger partial charge on any atom is 0.335 e. The molecule has 22 heavy (non-hydrogen) atoms. The lowest BCUT2D eigenvalue weighted by molar-refractivity contribution is 0.0260. The van der Waals surface area contributed by atoms with Crippen molar-refractivity contribution in [1.82, 2.24) is 5.32 Å². The summed E-state index contributed by atoms with van der Waals surface area (Å²) in [7, 11) is 0. The van der Waals surface area contributed by atoms with Gasteiger partial charge in [0.15, 0.2) is 0 Å². The van der Waals surface area contributed by atoms with Gasteiger partial charge in [-0.05, 0) is 24.3 Å². The molecule has 8 nitrogen and oxygen atoms in total. The Morgan fingerprint density at radius 1 is 1.14 bits per heavy atom. The molecule has 0 aliphatic heterocycles. The number of rotatable bonds is 10. The predicted octanol–water partition coefficient (Wildman–Crippen LogP) is -1.57. The summed E-state index contributed by atoms with van der Waals surface area (Å²) in [6.45, 7) is -1.52. The van der Waals surface area contributed by atoms with Crippen LogP contribution in [0, 0.1) is 0 Å². The third-order valence-electron chi connectivity index (χ3n) is 3.16. The van der Waals surface area contributed by atoms with Crippen LogP contribution in [0.5, 0.6) is 5.75 Å². The number of ether oxygens (including phenoxy) is 1. The SMILES string of the molecule is O=C(O)c1ccc(OCC(O)CNC(CO)(CO)CO)cc1. The molecule has 1 aromatic carbocycles. The molecule has 0 bridgehead atoms. The summed E-state index contributed by atoms with van der Waals surface area (Å²) in [5.74, 6) is -0.633. The van der Waals surface area contributed by atoms with Crippen LogP contribution in [0.25, 0.3) is 0 Å². The van der Waals surface area contributed by atoms with Gasteiger partial charge >= 0.3 is 5.97 Å². The minimum Gasteiger partial charge on any atom is -0.491 e. The lowest BCUT2D eigenvalue weighted by atomic mass is 10.0. The second-order valence-electron chi connectivity index (χ2n) is 4.93. The smallest absolute Gasteiger partial charge is 0.335 e. The van der Waals surface area contributed by atoms with Gasteiger partial charge in [-0.1, -0.05) is 0 Å². The standard InChI is InChI=1S/C14H21NO7/c16-7-14(8-17,9-18)15-5-11(19)6-22-12-3-1-10(2-4-12)13(20)21/h1-4,11,15-19H,5-9H2,(H,20,21). The molecule has 1 atom stereocenters. The lowest BCUT2D eigenvalue weighted by Crippen LogP contribution is -2.57. The third-order valence-corrected chi connectivity index (χ3v) is 3.16. The van der Waals surface area contributed by atoms with Gasteiger partial charge in [-0.15, -0.1) is 0 Å². The van der Waals surface area contributed by atoms with E-state index in [0.29, 0.717) is 5.75 Å². The van der Waals surface area contributed by atoms with Crippen LogP contribution in [0.3, 0.4) is 0 Å². The molecular formula is C14H21NO7. The topological polar surface area (TPSA) is 139 Å². The largest absolute Gasteiger partial charge is 0.491 e. The number of aliphatic hydroxyl groups is 4. The fraction of sp³-hybridized carbons (Fsp3) is 0.500. The van der Waals surface area contributed by atoms with Crippen molar-refractivity contribution in [2.24, 2.45) is 0 Å². The number of carbonyl (C=O) groups is 1. The molecule has 0 aliphatic carbocycles. The van der Waals surface area contributed by atoms with Gasteiger partial charge in [-0.25, -0.2) is 4.79 Å². The van der Waals surface area contributed by atoms with Crippen molar-refractivity contribution in [2.75, 3.05) is 33.0 Å². The third kappa shape index (κ3) is 5.24. The molecule has 124 valence electrons. The van der Waals surface area contributed by atoms with Gasteiger partial charge in [0.25, 0.3) is 0 Å². The van der Waals surface area contributed by atoms with Crippen molar-refractivity contribution in [3.63, 3.8) is 0 Å². The lowest BCUT2D eigenvalue weighted by Gasteiger charge is -2.29. The Morgan fingerprint density at radius 2 is 1.68 bits per heavy atom. The zero-order valence-corrected chi connectivity index (χ0v) is 12.0. The average molecular weight is 315 g/mol. The summed E-state index contributed by atoms with van der Waals surface area (Å²) in [5.41, 5.74) is -1.13. The fourth-order valence-electron chi connectivity index (χ4n) is 1.60. The highest BCUT2D eigenvalue weighted by molar-refractivity contribution is 5.87. The molecule has 1 unspecified atom stereocenters. The number of hydrogen-bond donors (Lipinski definition) is 6. The van der Waals surface area contributed by atoms with Crippen molar-refractivity contribution in [3.05, 3.63) is 29.8 Å². The fourth-order valence-corrected chi connectivity index (χ4v) is 1.60. The van der Waals surface area contributed by atoms with E-state index in [-0.39, 0.29) is 18.7 Å². The first-order valence-electron chi connectivity index (χ1n) is 6.68. The van der Waals surface area contributed by atoms with Crippen LogP contribution < -0.4 is 10.1 Å². The first-order chi connectivity index (χ1) is 10.5. The highest BCUT2D eigenvalue weighted by Crippen LogP contribution is 2.12. The summed E-state index contributed by atoms with van der Waals surface area (Å²) in [6, 6.07) is 5.72. The van der Waals surface area contributed by atoms with E-state index in [4.69, 9.17) is 25.2 Å². The normalized spacial score (nSPS) is 12.9. The Bertz CT molecular complexity index is 450. The second-order valence-corrected chi connectivity index (χ2v) is 4.93. The van der Waals surface area contributed by atoms with E-state index in [2.05, 4.69) is 5.32 Å². The number of aromatic carboxylic acids is 1. The molecule has 1 rings (SSSR count). The molecule has 0 fully saturated rings. The summed E-state index contributed by atoms with van der Waals surface area (Å²) in [5, 5.41) is 48.6. The number of nitrogens with one attached hydrogen (secondary N) is 1. The van der Waals surface area contributed by atoms with Crippen molar-refractivity contribution in [1.29, 1.82) is 0 Å². The van der Waals surface area contributed by atoms with Crippen molar-refractivity contribution in [2.45, 2.75) is 11.6 Å².